The fourth-order valence-corrected chi connectivity index (χ4v) is 3.34. The standard InChI is InChI=1S/C18H19ClN6O2S/c19-12-6-4-11(5-7-12)17-21-16(27-24-17)3-1-2-15(26)20-10-14-22-23-18(28)25(14)13-8-9-13/h4-7,13H,1-3,8-10H2,(H,20,26)(H,23,28). The normalized spacial score (nSPS) is 13.6. The first kappa shape index (κ1) is 18.8. The first-order valence-corrected chi connectivity index (χ1v) is 9.90. The van der Waals surface area contributed by atoms with Gasteiger partial charge in [0.25, 0.3) is 0 Å². The van der Waals surface area contributed by atoms with E-state index in [4.69, 9.17) is 28.3 Å². The summed E-state index contributed by atoms with van der Waals surface area (Å²) in [6.45, 7) is 0.365. The van der Waals surface area contributed by atoms with Crippen LogP contribution in [-0.4, -0.2) is 30.8 Å². The molecule has 0 unspecified atom stereocenters. The van der Waals surface area contributed by atoms with Gasteiger partial charge in [0.1, 0.15) is 0 Å². The van der Waals surface area contributed by atoms with Crippen molar-refractivity contribution in [3.05, 3.63) is 45.8 Å². The number of aromatic amines is 1. The molecule has 2 heterocycles. The first-order chi connectivity index (χ1) is 13.6. The molecule has 0 aliphatic heterocycles. The van der Waals surface area contributed by atoms with Gasteiger partial charge in [-0.3, -0.25) is 14.5 Å². The van der Waals surface area contributed by atoms with Crippen LogP contribution >= 0.6 is 23.8 Å². The number of carbonyl (C=O) groups is 1. The quantitative estimate of drug-likeness (QED) is 0.542. The number of H-pyrrole nitrogens is 1. The van der Waals surface area contributed by atoms with Gasteiger partial charge in [0.05, 0.1) is 6.54 Å². The largest absolute Gasteiger partial charge is 0.349 e. The molecule has 1 aromatic carbocycles. The lowest BCUT2D eigenvalue weighted by molar-refractivity contribution is -0.121. The van der Waals surface area contributed by atoms with Crippen molar-refractivity contribution in [3.8, 4) is 11.4 Å². The number of halogens is 1. The number of aromatic nitrogens is 5. The second-order valence-corrected chi connectivity index (χ2v) is 7.52. The Morgan fingerprint density at radius 1 is 1.36 bits per heavy atom. The van der Waals surface area contributed by atoms with Gasteiger partial charge in [-0.05, 0) is 55.7 Å². The Balaban J connectivity index is 1.24. The maximum atomic E-state index is 12.1. The second kappa shape index (κ2) is 8.24. The van der Waals surface area contributed by atoms with Crippen molar-refractivity contribution < 1.29 is 9.32 Å². The van der Waals surface area contributed by atoms with E-state index in [0.717, 1.165) is 24.2 Å². The number of rotatable bonds is 8. The van der Waals surface area contributed by atoms with Crippen molar-refractivity contribution in [1.29, 1.82) is 0 Å². The van der Waals surface area contributed by atoms with Gasteiger partial charge in [0, 0.05) is 29.5 Å². The minimum atomic E-state index is -0.0475. The molecule has 0 saturated heterocycles. The number of hydrogen-bond acceptors (Lipinski definition) is 6. The van der Waals surface area contributed by atoms with Gasteiger partial charge in [-0.15, -0.1) is 0 Å². The van der Waals surface area contributed by atoms with Crippen LogP contribution in [-0.2, 0) is 17.8 Å². The predicted octanol–water partition coefficient (Wildman–Crippen LogP) is 3.62. The van der Waals surface area contributed by atoms with Crippen LogP contribution in [0.1, 0.15) is 43.4 Å². The zero-order valence-corrected chi connectivity index (χ0v) is 16.6. The number of nitrogens with zero attached hydrogens (tertiary/aromatic N) is 4. The lowest BCUT2D eigenvalue weighted by Gasteiger charge is -2.06. The molecule has 3 aromatic rings. The predicted molar refractivity (Wildman–Crippen MR) is 105 cm³/mol. The number of carbonyl (C=O) groups excluding carboxylic acids is 1. The van der Waals surface area contributed by atoms with Gasteiger partial charge < -0.3 is 9.84 Å². The molecule has 10 heteroatoms. The molecule has 1 aliphatic rings. The molecule has 2 aromatic heterocycles. The van der Waals surface area contributed by atoms with E-state index in [1.54, 1.807) is 12.1 Å². The SMILES string of the molecule is O=C(CCCc1nc(-c2ccc(Cl)cc2)no1)NCc1n[nH]c(=S)n1C1CC1. The Morgan fingerprint density at radius 2 is 2.14 bits per heavy atom. The van der Waals surface area contributed by atoms with Gasteiger partial charge in [0.15, 0.2) is 10.6 Å². The Bertz CT molecular complexity index is 1020. The summed E-state index contributed by atoms with van der Waals surface area (Å²) in [4.78, 5) is 16.5. The molecular weight excluding hydrogens is 400 g/mol. The topological polar surface area (TPSA) is 102 Å². The van der Waals surface area contributed by atoms with Gasteiger partial charge in [-0.25, -0.2) is 0 Å². The molecule has 4 rings (SSSR count). The average molecular weight is 419 g/mol. The van der Waals surface area contributed by atoms with Crippen LogP contribution in [0.4, 0.5) is 0 Å². The molecule has 1 aliphatic carbocycles. The van der Waals surface area contributed by atoms with Crippen LogP contribution in [0.25, 0.3) is 11.4 Å². The van der Waals surface area contributed by atoms with E-state index < -0.39 is 0 Å². The number of aryl methyl sites for hydroxylation is 1. The summed E-state index contributed by atoms with van der Waals surface area (Å²) in [6, 6.07) is 7.64. The highest BCUT2D eigenvalue weighted by Gasteiger charge is 2.27. The van der Waals surface area contributed by atoms with Crippen LogP contribution in [0.3, 0.4) is 0 Å². The summed E-state index contributed by atoms with van der Waals surface area (Å²) in [5.74, 6) is 1.74. The fourth-order valence-electron chi connectivity index (χ4n) is 2.91. The van der Waals surface area contributed by atoms with Crippen molar-refractivity contribution in [2.75, 3.05) is 0 Å². The Labute approximate surface area is 171 Å². The van der Waals surface area contributed by atoms with E-state index >= 15 is 0 Å². The highest BCUT2D eigenvalue weighted by atomic mass is 35.5. The van der Waals surface area contributed by atoms with Crippen LogP contribution in [0, 0.1) is 4.77 Å². The molecule has 146 valence electrons. The summed E-state index contributed by atoms with van der Waals surface area (Å²) in [5.41, 5.74) is 0.834. The fraction of sp³-hybridized carbons (Fsp3) is 0.389. The molecular formula is C18H19ClN6O2S. The van der Waals surface area contributed by atoms with Gasteiger partial charge in [-0.1, -0.05) is 16.8 Å². The highest BCUT2D eigenvalue weighted by Crippen LogP contribution is 2.35. The summed E-state index contributed by atoms with van der Waals surface area (Å²) < 4.78 is 7.86. The van der Waals surface area contributed by atoms with E-state index in [-0.39, 0.29) is 5.91 Å². The lowest BCUT2D eigenvalue weighted by atomic mass is 10.2. The number of nitrogens with one attached hydrogen (secondary N) is 2. The summed E-state index contributed by atoms with van der Waals surface area (Å²) in [7, 11) is 0. The zero-order chi connectivity index (χ0) is 19.5. The smallest absolute Gasteiger partial charge is 0.226 e. The molecule has 0 spiro atoms. The van der Waals surface area contributed by atoms with Crippen molar-refractivity contribution in [2.45, 2.75) is 44.7 Å². The zero-order valence-electron chi connectivity index (χ0n) is 15.0. The van der Waals surface area contributed by atoms with E-state index in [9.17, 15) is 4.79 Å². The third kappa shape index (κ3) is 4.48. The minimum Gasteiger partial charge on any atom is -0.349 e. The maximum Gasteiger partial charge on any atom is 0.226 e. The van der Waals surface area contributed by atoms with Gasteiger partial charge in [-0.2, -0.15) is 10.1 Å². The average Bonchev–Trinajstić information content (AvgIpc) is 3.29. The van der Waals surface area contributed by atoms with Crippen LogP contribution in [0.15, 0.2) is 28.8 Å². The van der Waals surface area contributed by atoms with Gasteiger partial charge >= 0.3 is 0 Å². The van der Waals surface area contributed by atoms with E-state index in [1.807, 2.05) is 16.7 Å². The molecule has 28 heavy (non-hydrogen) atoms. The van der Waals surface area contributed by atoms with E-state index in [0.29, 0.717) is 53.4 Å². The van der Waals surface area contributed by atoms with Crippen LogP contribution < -0.4 is 5.32 Å². The Hall–Kier alpha value is -2.52. The Kier molecular flexibility index (Phi) is 5.54. The van der Waals surface area contributed by atoms with Crippen molar-refractivity contribution in [3.63, 3.8) is 0 Å². The molecule has 0 radical (unpaired) electrons. The third-order valence-electron chi connectivity index (χ3n) is 4.50. The minimum absolute atomic E-state index is 0.0475. The number of benzene rings is 1. The third-order valence-corrected chi connectivity index (χ3v) is 5.04. The summed E-state index contributed by atoms with van der Waals surface area (Å²) in [6.07, 6.45) is 3.74. The summed E-state index contributed by atoms with van der Waals surface area (Å²) >= 11 is 11.1. The molecule has 0 bridgehead atoms. The molecule has 8 nitrogen and oxygen atoms in total. The second-order valence-electron chi connectivity index (χ2n) is 6.70. The Morgan fingerprint density at radius 3 is 2.89 bits per heavy atom. The molecule has 1 fully saturated rings. The maximum absolute atomic E-state index is 12.1. The first-order valence-electron chi connectivity index (χ1n) is 9.11. The molecule has 1 saturated carbocycles. The van der Waals surface area contributed by atoms with Crippen molar-refractivity contribution in [2.24, 2.45) is 0 Å². The lowest BCUT2D eigenvalue weighted by Crippen LogP contribution is -2.24. The van der Waals surface area contributed by atoms with Crippen molar-refractivity contribution in [1.82, 2.24) is 30.2 Å². The van der Waals surface area contributed by atoms with Crippen LogP contribution in [0.5, 0.6) is 0 Å². The molecule has 1 amide bonds. The highest BCUT2D eigenvalue weighted by molar-refractivity contribution is 7.71. The van der Waals surface area contributed by atoms with E-state index in [2.05, 4.69) is 25.7 Å². The summed E-state index contributed by atoms with van der Waals surface area (Å²) in [5, 5.41) is 14.5. The van der Waals surface area contributed by atoms with Gasteiger partial charge in [0.2, 0.25) is 17.6 Å². The van der Waals surface area contributed by atoms with Crippen LogP contribution in [0.2, 0.25) is 5.02 Å². The number of amides is 1. The number of hydrogen-bond donors (Lipinski definition) is 2. The van der Waals surface area contributed by atoms with E-state index in [1.165, 1.54) is 0 Å². The molecule has 2 N–H and O–H groups in total. The monoisotopic (exact) mass is 418 g/mol. The molecule has 0 atom stereocenters. The van der Waals surface area contributed by atoms with Crippen molar-refractivity contribution >= 4 is 29.7 Å².